The van der Waals surface area contributed by atoms with Crippen molar-refractivity contribution in [2.45, 2.75) is 6.92 Å². The maximum atomic E-state index is 13.0. The molecule has 0 spiro atoms. The van der Waals surface area contributed by atoms with Crippen LogP contribution in [0.15, 0.2) is 30.3 Å². The predicted octanol–water partition coefficient (Wildman–Crippen LogP) is 2.17. The van der Waals surface area contributed by atoms with Gasteiger partial charge >= 0.3 is 0 Å². The molecule has 2 aromatic rings. The van der Waals surface area contributed by atoms with E-state index in [9.17, 15) is 4.39 Å². The highest BCUT2D eigenvalue weighted by atomic mass is 19.1. The summed E-state index contributed by atoms with van der Waals surface area (Å²) in [6.45, 7) is 1.75. The number of aryl methyl sites for hydroxylation is 1. The van der Waals surface area contributed by atoms with Crippen molar-refractivity contribution in [3.8, 4) is 11.3 Å². The maximum absolute atomic E-state index is 13.0. The normalized spacial score (nSPS) is 10.3. The molecule has 1 heterocycles. The fraction of sp³-hybridized carbons (Fsp3) is 0.0909. The Morgan fingerprint density at radius 1 is 1.20 bits per heavy atom. The third-order valence-electron chi connectivity index (χ3n) is 1.98. The number of aromatic nitrogens is 2. The van der Waals surface area contributed by atoms with Crippen LogP contribution in [0.4, 0.5) is 10.2 Å². The largest absolute Gasteiger partial charge is 0.384 e. The molecule has 4 heteroatoms. The van der Waals surface area contributed by atoms with Gasteiger partial charge in [0.05, 0.1) is 5.69 Å². The lowest BCUT2D eigenvalue weighted by Gasteiger charge is -2.03. The van der Waals surface area contributed by atoms with Gasteiger partial charge < -0.3 is 5.73 Å². The molecule has 0 aliphatic rings. The molecule has 0 radical (unpaired) electrons. The summed E-state index contributed by atoms with van der Waals surface area (Å²) in [7, 11) is 0. The zero-order valence-electron chi connectivity index (χ0n) is 8.24. The van der Waals surface area contributed by atoms with E-state index in [1.807, 2.05) is 0 Å². The zero-order valence-corrected chi connectivity index (χ0v) is 8.24. The molecule has 0 saturated heterocycles. The van der Waals surface area contributed by atoms with Gasteiger partial charge in [-0.2, -0.15) is 0 Å². The topological polar surface area (TPSA) is 51.8 Å². The van der Waals surface area contributed by atoms with E-state index < -0.39 is 0 Å². The number of halogens is 1. The monoisotopic (exact) mass is 203 g/mol. The van der Waals surface area contributed by atoms with Gasteiger partial charge in [0.15, 0.2) is 0 Å². The van der Waals surface area contributed by atoms with Crippen LogP contribution in [0.25, 0.3) is 11.3 Å². The average molecular weight is 203 g/mol. The smallest absolute Gasteiger partial charge is 0.128 e. The lowest BCUT2D eigenvalue weighted by molar-refractivity contribution is 0.628. The minimum Gasteiger partial charge on any atom is -0.384 e. The Bertz CT molecular complexity index is 477. The van der Waals surface area contributed by atoms with Crippen LogP contribution in [0.1, 0.15) is 5.82 Å². The van der Waals surface area contributed by atoms with E-state index in [1.54, 1.807) is 25.1 Å². The molecule has 0 fully saturated rings. The van der Waals surface area contributed by atoms with Gasteiger partial charge in [0.1, 0.15) is 17.5 Å². The molecule has 0 aliphatic heterocycles. The molecule has 0 saturated carbocycles. The number of hydrogen-bond acceptors (Lipinski definition) is 3. The van der Waals surface area contributed by atoms with Crippen LogP contribution in [0.5, 0.6) is 0 Å². The summed E-state index contributed by atoms with van der Waals surface area (Å²) >= 11 is 0. The summed E-state index contributed by atoms with van der Waals surface area (Å²) in [4.78, 5) is 8.14. The molecule has 1 aromatic heterocycles. The number of nitrogens with two attached hydrogens (primary N) is 1. The van der Waals surface area contributed by atoms with Crippen molar-refractivity contribution in [1.29, 1.82) is 0 Å². The van der Waals surface area contributed by atoms with Crippen LogP contribution in [-0.2, 0) is 0 Å². The van der Waals surface area contributed by atoms with Gasteiger partial charge in [-0.15, -0.1) is 0 Å². The van der Waals surface area contributed by atoms with Crippen LogP contribution in [-0.4, -0.2) is 9.97 Å². The van der Waals surface area contributed by atoms with E-state index in [0.29, 0.717) is 22.9 Å². The highest BCUT2D eigenvalue weighted by Gasteiger charge is 2.03. The summed E-state index contributed by atoms with van der Waals surface area (Å²) < 4.78 is 13.0. The number of rotatable bonds is 1. The van der Waals surface area contributed by atoms with Crippen molar-refractivity contribution in [1.82, 2.24) is 9.97 Å². The van der Waals surface area contributed by atoms with Gasteiger partial charge in [0.2, 0.25) is 0 Å². The Labute approximate surface area is 86.8 Å². The molecule has 0 unspecified atom stereocenters. The molecule has 1 aromatic carbocycles. The van der Waals surface area contributed by atoms with Gasteiger partial charge in [0, 0.05) is 11.6 Å². The second kappa shape index (κ2) is 3.65. The summed E-state index contributed by atoms with van der Waals surface area (Å²) in [6, 6.07) is 7.85. The van der Waals surface area contributed by atoms with Crippen molar-refractivity contribution in [2.75, 3.05) is 5.73 Å². The predicted molar refractivity (Wildman–Crippen MR) is 56.6 cm³/mol. The molecule has 2 N–H and O–H groups in total. The summed E-state index contributed by atoms with van der Waals surface area (Å²) in [6.07, 6.45) is 0. The van der Waals surface area contributed by atoms with Crippen LogP contribution in [0, 0.1) is 12.7 Å². The Balaban J connectivity index is 2.54. The summed E-state index contributed by atoms with van der Waals surface area (Å²) in [5.74, 6) is 0.679. The highest BCUT2D eigenvalue weighted by Crippen LogP contribution is 2.19. The zero-order chi connectivity index (χ0) is 10.8. The van der Waals surface area contributed by atoms with Gasteiger partial charge in [-0.3, -0.25) is 0 Å². The number of hydrogen-bond donors (Lipinski definition) is 1. The number of benzene rings is 1. The third kappa shape index (κ3) is 2.10. The SMILES string of the molecule is Cc1nc(N)cc(-c2cccc(F)c2)n1. The Morgan fingerprint density at radius 3 is 2.67 bits per heavy atom. The lowest BCUT2D eigenvalue weighted by Crippen LogP contribution is -1.97. The van der Waals surface area contributed by atoms with Crippen LogP contribution in [0.3, 0.4) is 0 Å². The summed E-state index contributed by atoms with van der Waals surface area (Å²) in [5.41, 5.74) is 6.93. The number of nitrogens with zero attached hydrogens (tertiary/aromatic N) is 2. The van der Waals surface area contributed by atoms with Crippen LogP contribution in [0.2, 0.25) is 0 Å². The van der Waals surface area contributed by atoms with E-state index >= 15 is 0 Å². The third-order valence-corrected chi connectivity index (χ3v) is 1.98. The standard InChI is InChI=1S/C11H10FN3/c1-7-14-10(6-11(13)15-7)8-3-2-4-9(12)5-8/h2-6H,1H3,(H2,13,14,15). The maximum Gasteiger partial charge on any atom is 0.128 e. The molecule has 0 aliphatic carbocycles. The lowest BCUT2D eigenvalue weighted by atomic mass is 10.1. The quantitative estimate of drug-likeness (QED) is 0.772. The van der Waals surface area contributed by atoms with Crippen LogP contribution < -0.4 is 5.73 Å². The average Bonchev–Trinajstić information content (AvgIpc) is 2.16. The van der Waals surface area contributed by atoms with E-state index in [-0.39, 0.29) is 5.82 Å². The molecule has 0 atom stereocenters. The highest BCUT2D eigenvalue weighted by molar-refractivity contribution is 5.61. The van der Waals surface area contributed by atoms with E-state index in [0.717, 1.165) is 0 Å². The van der Waals surface area contributed by atoms with Crippen molar-refractivity contribution >= 4 is 5.82 Å². The number of anilines is 1. The minimum atomic E-state index is -0.290. The van der Waals surface area contributed by atoms with Crippen molar-refractivity contribution < 1.29 is 4.39 Å². The van der Waals surface area contributed by atoms with E-state index in [2.05, 4.69) is 9.97 Å². The molecule has 2 rings (SSSR count). The summed E-state index contributed by atoms with van der Waals surface area (Å²) in [5, 5.41) is 0. The fourth-order valence-electron chi connectivity index (χ4n) is 1.39. The van der Waals surface area contributed by atoms with Crippen LogP contribution >= 0.6 is 0 Å². The van der Waals surface area contributed by atoms with E-state index in [1.165, 1.54) is 12.1 Å². The second-order valence-corrected chi connectivity index (χ2v) is 3.24. The van der Waals surface area contributed by atoms with E-state index in [4.69, 9.17) is 5.73 Å². The van der Waals surface area contributed by atoms with Gasteiger partial charge in [-0.05, 0) is 19.1 Å². The molecule has 15 heavy (non-hydrogen) atoms. The first-order chi connectivity index (χ1) is 7.15. The van der Waals surface area contributed by atoms with Crippen molar-refractivity contribution in [3.63, 3.8) is 0 Å². The van der Waals surface area contributed by atoms with Gasteiger partial charge in [-0.1, -0.05) is 12.1 Å². The Kier molecular flexibility index (Phi) is 2.33. The molecular formula is C11H10FN3. The molecular weight excluding hydrogens is 193 g/mol. The van der Waals surface area contributed by atoms with Gasteiger partial charge in [0.25, 0.3) is 0 Å². The number of nitrogen functional groups attached to an aromatic ring is 1. The Hall–Kier alpha value is -1.97. The second-order valence-electron chi connectivity index (χ2n) is 3.24. The van der Waals surface area contributed by atoms with Crippen molar-refractivity contribution in [3.05, 3.63) is 42.0 Å². The first kappa shape index (κ1) is 9.58. The molecule has 0 bridgehead atoms. The van der Waals surface area contributed by atoms with Crippen molar-refractivity contribution in [2.24, 2.45) is 0 Å². The fourth-order valence-corrected chi connectivity index (χ4v) is 1.39. The van der Waals surface area contributed by atoms with Gasteiger partial charge in [-0.25, -0.2) is 14.4 Å². The first-order valence-electron chi connectivity index (χ1n) is 4.52. The molecule has 3 nitrogen and oxygen atoms in total. The minimum absolute atomic E-state index is 0.290. The molecule has 76 valence electrons. The molecule has 0 amide bonds. The Morgan fingerprint density at radius 2 is 2.00 bits per heavy atom. The first-order valence-corrected chi connectivity index (χ1v) is 4.52.